The Morgan fingerprint density at radius 2 is 0.795 bits per heavy atom. The smallest absolute Gasteiger partial charge is 0.169 e. The number of unbranched alkanes of at least 4 members (excludes halogenated alkanes) is 16. The second-order valence-electron chi connectivity index (χ2n) is 13.8. The summed E-state index contributed by atoms with van der Waals surface area (Å²) in [7, 11) is 0. The zero-order chi connectivity index (χ0) is 31.2. The summed E-state index contributed by atoms with van der Waals surface area (Å²) in [4.78, 5) is 0. The van der Waals surface area contributed by atoms with Gasteiger partial charge in [0.15, 0.2) is 5.79 Å². The van der Waals surface area contributed by atoms with E-state index < -0.39 is 0 Å². The average Bonchev–Trinajstić information content (AvgIpc) is 3.37. The van der Waals surface area contributed by atoms with Crippen molar-refractivity contribution in [2.75, 3.05) is 0 Å². The van der Waals surface area contributed by atoms with Crippen LogP contribution in [0.4, 0.5) is 0 Å². The normalized spacial score (nSPS) is 20.5. The first-order chi connectivity index (χ1) is 21.8. The average molecular weight is 611 g/mol. The van der Waals surface area contributed by atoms with Gasteiger partial charge in [-0.05, 0) is 89.9 Å². The fraction of sp³-hybridized carbons (Fsp3) is 0.810. The lowest BCUT2D eigenvalue weighted by Crippen LogP contribution is -2.33. The third-order valence-electron chi connectivity index (χ3n) is 9.64. The molecule has 2 aliphatic rings. The maximum Gasteiger partial charge on any atom is 0.169 e. The number of ether oxygens (including phenoxy) is 2. The highest BCUT2D eigenvalue weighted by Crippen LogP contribution is 2.43. The molecule has 2 unspecified atom stereocenters. The molecule has 1 spiro atoms. The number of hydrogen-bond donors (Lipinski definition) is 0. The van der Waals surface area contributed by atoms with Crippen LogP contribution >= 0.6 is 0 Å². The van der Waals surface area contributed by atoms with Gasteiger partial charge in [-0.15, -0.1) is 0 Å². The molecule has 0 bridgehead atoms. The number of allylic oxidation sites excluding steroid dienone is 8. The van der Waals surface area contributed by atoms with E-state index in [1.165, 1.54) is 161 Å². The van der Waals surface area contributed by atoms with Gasteiger partial charge in [0.05, 0.1) is 12.2 Å². The van der Waals surface area contributed by atoms with Crippen molar-refractivity contribution in [3.8, 4) is 0 Å². The molecule has 2 atom stereocenters. The van der Waals surface area contributed by atoms with Gasteiger partial charge < -0.3 is 9.47 Å². The molecule has 2 heteroatoms. The molecule has 1 heterocycles. The maximum absolute atomic E-state index is 6.75. The summed E-state index contributed by atoms with van der Waals surface area (Å²) >= 11 is 0. The Hall–Kier alpha value is -1.12. The highest BCUT2D eigenvalue weighted by atomic mass is 16.8. The van der Waals surface area contributed by atoms with Crippen molar-refractivity contribution in [1.29, 1.82) is 0 Å². The monoisotopic (exact) mass is 611 g/mol. The van der Waals surface area contributed by atoms with Gasteiger partial charge in [-0.2, -0.15) is 0 Å². The Morgan fingerprint density at radius 3 is 1.20 bits per heavy atom. The Bertz CT molecular complexity index is 685. The molecule has 0 aromatic rings. The van der Waals surface area contributed by atoms with Gasteiger partial charge in [0, 0.05) is 12.8 Å². The minimum Gasteiger partial charge on any atom is -0.344 e. The fourth-order valence-corrected chi connectivity index (χ4v) is 6.86. The van der Waals surface area contributed by atoms with Crippen molar-refractivity contribution in [3.05, 3.63) is 48.6 Å². The van der Waals surface area contributed by atoms with E-state index in [0.717, 1.165) is 25.7 Å². The van der Waals surface area contributed by atoms with Crippen LogP contribution in [0.25, 0.3) is 0 Å². The highest BCUT2D eigenvalue weighted by molar-refractivity contribution is 4.94. The minimum absolute atomic E-state index is 0.234. The summed E-state index contributed by atoms with van der Waals surface area (Å²) in [6, 6.07) is 0. The van der Waals surface area contributed by atoms with E-state index in [0.29, 0.717) is 12.2 Å². The van der Waals surface area contributed by atoms with Gasteiger partial charge >= 0.3 is 0 Å². The molecule has 2 rings (SSSR count). The molecule has 0 amide bonds. The first kappa shape index (κ1) is 39.1. The second-order valence-corrected chi connectivity index (χ2v) is 13.8. The Balaban J connectivity index is 1.51. The molecule has 254 valence electrons. The number of rotatable bonds is 28. The maximum atomic E-state index is 6.75. The van der Waals surface area contributed by atoms with Crippen LogP contribution in [0.3, 0.4) is 0 Å². The van der Waals surface area contributed by atoms with Crippen LogP contribution in [0.2, 0.25) is 0 Å². The van der Waals surface area contributed by atoms with Gasteiger partial charge in [0.25, 0.3) is 0 Å². The first-order valence-electron chi connectivity index (χ1n) is 19.8. The van der Waals surface area contributed by atoms with Crippen LogP contribution in [0, 0.1) is 0 Å². The van der Waals surface area contributed by atoms with Crippen LogP contribution in [0.1, 0.15) is 200 Å². The molecule has 1 saturated heterocycles. The van der Waals surface area contributed by atoms with Crippen molar-refractivity contribution in [2.24, 2.45) is 0 Å². The van der Waals surface area contributed by atoms with Crippen LogP contribution in [0.15, 0.2) is 48.6 Å². The van der Waals surface area contributed by atoms with E-state index in [1.807, 2.05) is 0 Å². The fourth-order valence-electron chi connectivity index (χ4n) is 6.86. The van der Waals surface area contributed by atoms with Crippen LogP contribution in [0.5, 0.6) is 0 Å². The van der Waals surface area contributed by atoms with E-state index in [2.05, 4.69) is 62.5 Å². The van der Waals surface area contributed by atoms with E-state index in [1.54, 1.807) is 0 Å². The lowest BCUT2D eigenvalue weighted by molar-refractivity contribution is -0.194. The van der Waals surface area contributed by atoms with Crippen molar-refractivity contribution in [2.45, 2.75) is 218 Å². The minimum atomic E-state index is -0.234. The van der Waals surface area contributed by atoms with Crippen molar-refractivity contribution in [1.82, 2.24) is 0 Å². The number of hydrogen-bond acceptors (Lipinski definition) is 2. The summed E-state index contributed by atoms with van der Waals surface area (Å²) < 4.78 is 13.5. The van der Waals surface area contributed by atoms with Crippen LogP contribution < -0.4 is 0 Å². The molecule has 2 nitrogen and oxygen atoms in total. The molecule has 44 heavy (non-hydrogen) atoms. The largest absolute Gasteiger partial charge is 0.344 e. The van der Waals surface area contributed by atoms with Gasteiger partial charge in [-0.1, -0.05) is 146 Å². The molecule has 1 saturated carbocycles. The SMILES string of the molecule is CCCCC/C=C\C/C=C\CCCCCCCC1OC2(CCCCC2)OC1CCCCCCC/C=C\C/C=C\CCCCC. The lowest BCUT2D eigenvalue weighted by atomic mass is 9.94. The molecular weight excluding hydrogens is 536 g/mol. The van der Waals surface area contributed by atoms with Crippen molar-refractivity contribution in [3.63, 3.8) is 0 Å². The first-order valence-corrected chi connectivity index (χ1v) is 19.8. The third-order valence-corrected chi connectivity index (χ3v) is 9.64. The molecule has 0 aromatic carbocycles. The van der Waals surface area contributed by atoms with E-state index >= 15 is 0 Å². The lowest BCUT2D eigenvalue weighted by Gasteiger charge is -2.32. The van der Waals surface area contributed by atoms with Gasteiger partial charge in [-0.3, -0.25) is 0 Å². The van der Waals surface area contributed by atoms with Crippen LogP contribution in [-0.4, -0.2) is 18.0 Å². The Kier molecular flexibility index (Phi) is 25.0. The van der Waals surface area contributed by atoms with Crippen molar-refractivity contribution >= 4 is 0 Å². The predicted octanol–water partition coefficient (Wildman–Crippen LogP) is 14.1. The molecule has 0 radical (unpaired) electrons. The summed E-state index contributed by atoms with van der Waals surface area (Å²) in [6.07, 6.45) is 56.6. The topological polar surface area (TPSA) is 18.5 Å². The van der Waals surface area contributed by atoms with Crippen LogP contribution in [-0.2, 0) is 9.47 Å². The van der Waals surface area contributed by atoms with E-state index in [9.17, 15) is 0 Å². The van der Waals surface area contributed by atoms with Gasteiger partial charge in [0.2, 0.25) is 0 Å². The molecule has 0 aromatic heterocycles. The zero-order valence-corrected chi connectivity index (χ0v) is 29.6. The summed E-state index contributed by atoms with van der Waals surface area (Å²) in [5.41, 5.74) is 0. The predicted molar refractivity (Wildman–Crippen MR) is 194 cm³/mol. The Morgan fingerprint density at radius 1 is 0.432 bits per heavy atom. The molecule has 1 aliphatic heterocycles. The van der Waals surface area contributed by atoms with Crippen molar-refractivity contribution < 1.29 is 9.47 Å². The quantitative estimate of drug-likeness (QED) is 0.0648. The molecule has 1 aliphatic carbocycles. The van der Waals surface area contributed by atoms with E-state index in [4.69, 9.17) is 9.47 Å². The molecule has 2 fully saturated rings. The van der Waals surface area contributed by atoms with Gasteiger partial charge in [0.1, 0.15) is 0 Å². The molecule has 0 N–H and O–H groups in total. The summed E-state index contributed by atoms with van der Waals surface area (Å²) in [5, 5.41) is 0. The van der Waals surface area contributed by atoms with E-state index in [-0.39, 0.29) is 5.79 Å². The summed E-state index contributed by atoms with van der Waals surface area (Å²) in [5.74, 6) is -0.234. The third kappa shape index (κ3) is 20.1. The van der Waals surface area contributed by atoms with Gasteiger partial charge in [-0.25, -0.2) is 0 Å². The zero-order valence-electron chi connectivity index (χ0n) is 29.6. The Labute approximate surface area is 275 Å². The highest BCUT2D eigenvalue weighted by Gasteiger charge is 2.47. The molecular formula is C42H74O2. The summed E-state index contributed by atoms with van der Waals surface area (Å²) in [6.45, 7) is 4.54. The second kappa shape index (κ2) is 28.1. The standard InChI is InChI=1S/C42H74O2/c1-3-5-7-9-11-13-15-17-19-21-23-25-27-29-32-36-40-41(44-42(43-40)38-34-31-35-39-42)37-33-30-28-26-24-22-20-18-16-14-12-10-8-6-4-2/h11-14,17-20,40-41H,3-10,15-16,21-39H2,1-2H3/b13-11-,14-12-,19-17-,20-18-.